The van der Waals surface area contributed by atoms with Crippen LogP contribution in [0.2, 0.25) is 0 Å². The SMILES string of the molecule is COc1c(C(=O)NC2CCN(Cc3ccccc3)CC2)sc2c1c(=O)n(CC(O)c1ccccc1)c1ccccc21. The molecule has 0 bridgehead atoms. The zero-order valence-corrected chi connectivity index (χ0v) is 23.8. The van der Waals surface area contributed by atoms with Crippen LogP contribution < -0.4 is 15.6 Å². The largest absolute Gasteiger partial charge is 0.494 e. The van der Waals surface area contributed by atoms with Gasteiger partial charge in [-0.15, -0.1) is 11.3 Å². The number of hydrogen-bond donors (Lipinski definition) is 2. The summed E-state index contributed by atoms with van der Waals surface area (Å²) in [6.45, 7) is 2.80. The number of nitrogens with zero attached hydrogens (tertiary/aromatic N) is 2. The van der Waals surface area contributed by atoms with Gasteiger partial charge >= 0.3 is 0 Å². The Kier molecular flexibility index (Phi) is 7.87. The lowest BCUT2D eigenvalue weighted by Gasteiger charge is -2.32. The van der Waals surface area contributed by atoms with Crippen molar-refractivity contribution in [2.45, 2.75) is 38.1 Å². The van der Waals surface area contributed by atoms with E-state index in [1.165, 1.54) is 24.0 Å². The van der Waals surface area contributed by atoms with Gasteiger partial charge in [0.1, 0.15) is 10.3 Å². The standard InChI is InChI=1S/C33H33N3O4S/c1-40-29-28-30(25-14-8-9-15-26(25)36(33(28)39)21-27(37)23-12-6-3-7-13-23)41-31(29)32(38)34-24-16-18-35(19-17-24)20-22-10-4-2-5-11-22/h2-15,24,27,37H,16-21H2,1H3,(H,34,38). The molecule has 1 aliphatic rings. The first kappa shape index (κ1) is 27.2. The molecule has 5 aromatic rings. The molecule has 210 valence electrons. The summed E-state index contributed by atoms with van der Waals surface area (Å²) < 4.78 is 8.04. The lowest BCUT2D eigenvalue weighted by Crippen LogP contribution is -2.44. The fraction of sp³-hybridized carbons (Fsp3) is 0.273. The van der Waals surface area contributed by atoms with Gasteiger partial charge in [0.05, 0.1) is 30.0 Å². The van der Waals surface area contributed by atoms with E-state index >= 15 is 0 Å². The molecule has 1 fully saturated rings. The number of aliphatic hydroxyl groups is 1. The van der Waals surface area contributed by atoms with Crippen molar-refractivity contribution in [1.82, 2.24) is 14.8 Å². The third-order valence-electron chi connectivity index (χ3n) is 7.88. The van der Waals surface area contributed by atoms with E-state index in [1.54, 1.807) is 4.57 Å². The molecule has 3 aromatic carbocycles. The predicted octanol–water partition coefficient (Wildman–Crippen LogP) is 5.35. The summed E-state index contributed by atoms with van der Waals surface area (Å²) in [4.78, 5) is 30.3. The highest BCUT2D eigenvalue weighted by Gasteiger charge is 2.28. The first-order chi connectivity index (χ1) is 20.0. The van der Waals surface area contributed by atoms with Gasteiger partial charge in [-0.1, -0.05) is 78.9 Å². The number of rotatable bonds is 8. The van der Waals surface area contributed by atoms with E-state index in [1.807, 2.05) is 60.7 Å². The third kappa shape index (κ3) is 5.51. The molecule has 0 aliphatic carbocycles. The van der Waals surface area contributed by atoms with Crippen molar-refractivity contribution in [2.24, 2.45) is 0 Å². The number of hydrogen-bond acceptors (Lipinski definition) is 6. The van der Waals surface area contributed by atoms with Crippen LogP contribution in [0.5, 0.6) is 5.75 Å². The molecule has 0 saturated carbocycles. The summed E-state index contributed by atoms with van der Waals surface area (Å²) >= 11 is 1.29. The molecule has 0 radical (unpaired) electrons. The Bertz CT molecular complexity index is 1720. The number of benzene rings is 3. The summed E-state index contributed by atoms with van der Waals surface area (Å²) in [5.41, 5.74) is 2.45. The van der Waals surface area contributed by atoms with Gasteiger partial charge in [0.25, 0.3) is 11.5 Å². The highest BCUT2D eigenvalue weighted by Crippen LogP contribution is 2.40. The highest BCUT2D eigenvalue weighted by molar-refractivity contribution is 7.22. The van der Waals surface area contributed by atoms with E-state index in [9.17, 15) is 14.7 Å². The van der Waals surface area contributed by atoms with Gasteiger partial charge in [-0.3, -0.25) is 14.5 Å². The number of ether oxygens (including phenoxy) is 1. The summed E-state index contributed by atoms with van der Waals surface area (Å²) in [7, 11) is 1.50. The van der Waals surface area contributed by atoms with E-state index in [0.29, 0.717) is 21.5 Å². The van der Waals surface area contributed by atoms with Crippen LogP contribution in [0.15, 0.2) is 89.7 Å². The van der Waals surface area contributed by atoms with Crippen molar-refractivity contribution in [3.8, 4) is 5.75 Å². The molecule has 41 heavy (non-hydrogen) atoms. The summed E-state index contributed by atoms with van der Waals surface area (Å²) in [5.74, 6) is 0.0756. The van der Waals surface area contributed by atoms with E-state index in [4.69, 9.17) is 4.74 Å². The highest BCUT2D eigenvalue weighted by atomic mass is 32.1. The molecular formula is C33H33N3O4S. The van der Waals surface area contributed by atoms with Crippen LogP contribution in [0.4, 0.5) is 0 Å². The number of pyridine rings is 1. The van der Waals surface area contributed by atoms with Crippen molar-refractivity contribution in [3.63, 3.8) is 0 Å². The number of aromatic nitrogens is 1. The minimum Gasteiger partial charge on any atom is -0.494 e. The Labute approximate surface area is 242 Å². The lowest BCUT2D eigenvalue weighted by molar-refractivity contribution is 0.0910. The second kappa shape index (κ2) is 11.9. The van der Waals surface area contributed by atoms with Crippen LogP contribution in [-0.2, 0) is 13.1 Å². The number of likely N-dealkylation sites (tertiary alicyclic amines) is 1. The quantitative estimate of drug-likeness (QED) is 0.264. The zero-order valence-electron chi connectivity index (χ0n) is 23.0. The number of amides is 1. The third-order valence-corrected chi connectivity index (χ3v) is 9.09. The van der Waals surface area contributed by atoms with Crippen molar-refractivity contribution >= 4 is 38.2 Å². The molecule has 3 heterocycles. The summed E-state index contributed by atoms with van der Waals surface area (Å²) in [6.07, 6.45) is 0.854. The topological polar surface area (TPSA) is 83.8 Å². The fourth-order valence-corrected chi connectivity index (χ4v) is 6.95. The number of piperidine rings is 1. The van der Waals surface area contributed by atoms with Gasteiger partial charge in [0.2, 0.25) is 0 Å². The average Bonchev–Trinajstić information content (AvgIpc) is 3.41. The second-order valence-corrected chi connectivity index (χ2v) is 11.6. The van der Waals surface area contributed by atoms with E-state index < -0.39 is 6.10 Å². The molecular weight excluding hydrogens is 534 g/mol. The van der Waals surface area contributed by atoms with E-state index in [2.05, 4.69) is 34.5 Å². The molecule has 1 amide bonds. The van der Waals surface area contributed by atoms with Crippen LogP contribution in [0.25, 0.3) is 21.0 Å². The number of carbonyl (C=O) groups is 1. The Hall–Kier alpha value is -3.98. The minimum absolute atomic E-state index is 0.0545. The molecule has 1 unspecified atom stereocenters. The second-order valence-electron chi connectivity index (χ2n) is 10.5. The molecule has 1 saturated heterocycles. The molecule has 1 aliphatic heterocycles. The van der Waals surface area contributed by atoms with Crippen molar-refractivity contribution in [3.05, 3.63) is 111 Å². The van der Waals surface area contributed by atoms with Crippen LogP contribution in [0.1, 0.15) is 39.7 Å². The van der Waals surface area contributed by atoms with Gasteiger partial charge < -0.3 is 19.7 Å². The van der Waals surface area contributed by atoms with E-state index in [-0.39, 0.29) is 24.1 Å². The van der Waals surface area contributed by atoms with Gasteiger partial charge in [-0.05, 0) is 30.0 Å². The van der Waals surface area contributed by atoms with Crippen LogP contribution in [0.3, 0.4) is 0 Å². The molecule has 8 heteroatoms. The summed E-state index contributed by atoms with van der Waals surface area (Å²) in [6, 6.07) is 27.4. The van der Waals surface area contributed by atoms with Crippen LogP contribution >= 0.6 is 11.3 Å². The van der Waals surface area contributed by atoms with E-state index in [0.717, 1.165) is 48.1 Å². The smallest absolute Gasteiger partial charge is 0.265 e. The van der Waals surface area contributed by atoms with Crippen LogP contribution in [0, 0.1) is 0 Å². The van der Waals surface area contributed by atoms with Crippen LogP contribution in [-0.4, -0.2) is 46.7 Å². The monoisotopic (exact) mass is 567 g/mol. The maximum absolute atomic E-state index is 13.9. The van der Waals surface area contributed by atoms with Crippen molar-refractivity contribution < 1.29 is 14.6 Å². The van der Waals surface area contributed by atoms with Gasteiger partial charge in [-0.2, -0.15) is 0 Å². The molecule has 6 rings (SSSR count). The molecule has 2 N–H and O–H groups in total. The number of nitrogens with one attached hydrogen (secondary N) is 1. The average molecular weight is 568 g/mol. The molecule has 0 spiro atoms. The minimum atomic E-state index is -0.866. The Balaban J connectivity index is 1.27. The number of fused-ring (bicyclic) bond motifs is 3. The van der Waals surface area contributed by atoms with Gasteiger partial charge in [-0.25, -0.2) is 0 Å². The Morgan fingerprint density at radius 3 is 2.37 bits per heavy atom. The normalized spacial score (nSPS) is 15.3. The maximum atomic E-state index is 13.9. The first-order valence-corrected chi connectivity index (χ1v) is 14.8. The Morgan fingerprint density at radius 2 is 1.66 bits per heavy atom. The van der Waals surface area contributed by atoms with Crippen molar-refractivity contribution in [2.75, 3.05) is 20.2 Å². The maximum Gasteiger partial charge on any atom is 0.265 e. The van der Waals surface area contributed by atoms with Gasteiger partial charge in [0.15, 0.2) is 5.75 Å². The number of carbonyl (C=O) groups excluding carboxylic acids is 1. The Morgan fingerprint density at radius 1 is 1.00 bits per heavy atom. The lowest BCUT2D eigenvalue weighted by atomic mass is 10.0. The molecule has 1 atom stereocenters. The molecule has 2 aromatic heterocycles. The zero-order chi connectivity index (χ0) is 28.3. The van der Waals surface area contributed by atoms with Crippen molar-refractivity contribution in [1.29, 1.82) is 0 Å². The number of para-hydroxylation sites is 1. The fourth-order valence-electron chi connectivity index (χ4n) is 5.75. The number of methoxy groups -OCH3 is 1. The summed E-state index contributed by atoms with van der Waals surface area (Å²) in [5, 5.41) is 15.4. The first-order valence-electron chi connectivity index (χ1n) is 14.0. The number of thiophene rings is 1. The van der Waals surface area contributed by atoms with Gasteiger partial charge in [0, 0.05) is 31.1 Å². The predicted molar refractivity (Wildman–Crippen MR) is 164 cm³/mol. The number of aliphatic hydroxyl groups excluding tert-OH is 1. The molecule has 7 nitrogen and oxygen atoms in total.